The number of aromatic nitrogens is 5. The first-order valence-corrected chi connectivity index (χ1v) is 7.63. The van der Waals surface area contributed by atoms with E-state index in [2.05, 4.69) is 20.5 Å². The number of nitrogens with one attached hydrogen (secondary N) is 1. The van der Waals surface area contributed by atoms with Gasteiger partial charge in [0.15, 0.2) is 0 Å². The van der Waals surface area contributed by atoms with E-state index >= 15 is 0 Å². The van der Waals surface area contributed by atoms with E-state index in [1.54, 1.807) is 19.1 Å². The third-order valence-electron chi connectivity index (χ3n) is 3.53. The minimum Gasteiger partial charge on any atom is -0.288 e. The van der Waals surface area contributed by atoms with Gasteiger partial charge in [-0.25, -0.2) is 14.1 Å². The fraction of sp³-hybridized carbons (Fsp3) is 0.200. The Labute approximate surface area is 146 Å². The van der Waals surface area contributed by atoms with Crippen molar-refractivity contribution in [1.29, 1.82) is 0 Å². The largest absolute Gasteiger partial charge is 0.320 e. The number of anilines is 1. The second kappa shape index (κ2) is 7.09. The lowest BCUT2D eigenvalue weighted by atomic mass is 10.2. The van der Waals surface area contributed by atoms with Crippen LogP contribution in [-0.4, -0.2) is 35.4 Å². The van der Waals surface area contributed by atoms with Gasteiger partial charge >= 0.3 is 5.69 Å². The van der Waals surface area contributed by atoms with Crippen LogP contribution >= 0.6 is 0 Å². The van der Waals surface area contributed by atoms with Crippen LogP contribution in [0.3, 0.4) is 0 Å². The zero-order valence-corrected chi connectivity index (χ0v) is 13.7. The van der Waals surface area contributed by atoms with Gasteiger partial charge in [-0.05, 0) is 24.6 Å². The van der Waals surface area contributed by atoms with Gasteiger partial charge in [-0.3, -0.25) is 24.9 Å². The Bertz CT molecular complexity index is 966. The molecule has 2 aromatic heterocycles. The molecular weight excluding hydrogens is 345 g/mol. The second-order valence-electron chi connectivity index (χ2n) is 5.30. The van der Waals surface area contributed by atoms with Crippen molar-refractivity contribution in [3.63, 3.8) is 0 Å². The summed E-state index contributed by atoms with van der Waals surface area (Å²) in [6, 6.07) is 6.00. The van der Waals surface area contributed by atoms with Gasteiger partial charge in [-0.2, -0.15) is 5.10 Å². The summed E-state index contributed by atoms with van der Waals surface area (Å²) in [5, 5.41) is 21.3. The minimum atomic E-state index is -0.737. The maximum Gasteiger partial charge on any atom is 0.320 e. The molecule has 1 amide bonds. The first-order valence-electron chi connectivity index (χ1n) is 7.63. The number of nitro groups is 1. The maximum atomic E-state index is 13.2. The van der Waals surface area contributed by atoms with Gasteiger partial charge in [-0.15, -0.1) is 5.10 Å². The molecule has 0 aliphatic rings. The number of rotatable bonds is 6. The van der Waals surface area contributed by atoms with E-state index in [0.717, 1.165) is 6.20 Å². The molecule has 0 fully saturated rings. The van der Waals surface area contributed by atoms with Gasteiger partial charge in [0, 0.05) is 6.54 Å². The van der Waals surface area contributed by atoms with Crippen molar-refractivity contribution in [3.8, 4) is 0 Å². The molecule has 1 aromatic carbocycles. The van der Waals surface area contributed by atoms with Gasteiger partial charge in [-0.1, -0.05) is 12.1 Å². The third kappa shape index (κ3) is 3.55. The van der Waals surface area contributed by atoms with Crippen LogP contribution in [0.5, 0.6) is 0 Å². The van der Waals surface area contributed by atoms with Crippen molar-refractivity contribution in [2.45, 2.75) is 20.0 Å². The van der Waals surface area contributed by atoms with E-state index in [-0.39, 0.29) is 30.5 Å². The molecule has 11 heteroatoms. The highest BCUT2D eigenvalue weighted by atomic mass is 19.1. The molecule has 26 heavy (non-hydrogen) atoms. The Morgan fingerprint density at radius 2 is 2.23 bits per heavy atom. The van der Waals surface area contributed by atoms with Crippen molar-refractivity contribution in [2.24, 2.45) is 0 Å². The van der Waals surface area contributed by atoms with Crippen LogP contribution in [-0.2, 0) is 13.1 Å². The summed E-state index contributed by atoms with van der Waals surface area (Å²) >= 11 is 0. The normalized spacial score (nSPS) is 10.7. The van der Waals surface area contributed by atoms with Crippen molar-refractivity contribution in [2.75, 3.05) is 5.32 Å². The molecule has 0 spiro atoms. The molecule has 0 bridgehead atoms. The summed E-state index contributed by atoms with van der Waals surface area (Å²) in [5.74, 6) is -1.12. The van der Waals surface area contributed by atoms with Crippen LogP contribution in [0.1, 0.15) is 23.0 Å². The topological polar surface area (TPSA) is 121 Å². The molecule has 134 valence electrons. The van der Waals surface area contributed by atoms with Crippen LogP contribution in [0, 0.1) is 15.9 Å². The smallest absolute Gasteiger partial charge is 0.288 e. The molecule has 0 atom stereocenters. The zero-order chi connectivity index (χ0) is 18.7. The van der Waals surface area contributed by atoms with E-state index in [1.807, 2.05) is 0 Å². The highest BCUT2D eigenvalue weighted by Crippen LogP contribution is 2.18. The van der Waals surface area contributed by atoms with E-state index in [1.165, 1.54) is 27.8 Å². The quantitative estimate of drug-likeness (QED) is 0.529. The molecule has 0 radical (unpaired) electrons. The van der Waals surface area contributed by atoms with Crippen LogP contribution in [0.4, 0.5) is 16.0 Å². The number of aryl methyl sites for hydroxylation is 1. The number of benzene rings is 1. The molecule has 2 heterocycles. The molecule has 0 saturated carbocycles. The SMILES string of the molecule is CCn1ncc([N+](=O)[O-])c1C(=O)Nc1ncn(Cc2cccc(F)c2)n1. The molecule has 0 unspecified atom stereocenters. The monoisotopic (exact) mass is 359 g/mol. The molecule has 0 saturated heterocycles. The Morgan fingerprint density at radius 1 is 1.42 bits per heavy atom. The predicted molar refractivity (Wildman–Crippen MR) is 88.0 cm³/mol. The summed E-state index contributed by atoms with van der Waals surface area (Å²) in [5.41, 5.74) is 0.0926. The lowest BCUT2D eigenvalue weighted by molar-refractivity contribution is -0.385. The van der Waals surface area contributed by atoms with Crippen LogP contribution in [0.25, 0.3) is 0 Å². The maximum absolute atomic E-state index is 13.2. The molecule has 3 aromatic rings. The standard InChI is InChI=1S/C15H14FN7O3/c1-2-22-13(12(7-18-22)23(25)26)14(24)19-15-17-9-21(20-15)8-10-4-3-5-11(16)6-10/h3-7,9H,2,8H2,1H3,(H,19,20,24). The lowest BCUT2D eigenvalue weighted by Gasteiger charge is -2.03. The summed E-state index contributed by atoms with van der Waals surface area (Å²) in [4.78, 5) is 26.7. The van der Waals surface area contributed by atoms with E-state index in [9.17, 15) is 19.3 Å². The molecule has 10 nitrogen and oxygen atoms in total. The Morgan fingerprint density at radius 3 is 2.92 bits per heavy atom. The van der Waals surface area contributed by atoms with Crippen molar-refractivity contribution < 1.29 is 14.1 Å². The number of carbonyl (C=O) groups is 1. The molecule has 0 aliphatic carbocycles. The van der Waals surface area contributed by atoms with E-state index < -0.39 is 16.5 Å². The first kappa shape index (κ1) is 17.2. The van der Waals surface area contributed by atoms with Crippen LogP contribution < -0.4 is 5.32 Å². The lowest BCUT2D eigenvalue weighted by Crippen LogP contribution is -2.19. The predicted octanol–water partition coefficient (Wildman–Crippen LogP) is 1.84. The van der Waals surface area contributed by atoms with Crippen LogP contribution in [0.2, 0.25) is 0 Å². The Kier molecular flexibility index (Phi) is 4.69. The minimum absolute atomic E-state index is 0.0236. The van der Waals surface area contributed by atoms with Gasteiger partial charge in [0.25, 0.3) is 5.91 Å². The highest BCUT2D eigenvalue weighted by molar-refractivity contribution is 6.04. The summed E-state index contributed by atoms with van der Waals surface area (Å²) < 4.78 is 15.8. The summed E-state index contributed by atoms with van der Waals surface area (Å²) in [7, 11) is 0. The van der Waals surface area contributed by atoms with Crippen LogP contribution in [0.15, 0.2) is 36.8 Å². The van der Waals surface area contributed by atoms with Crippen molar-refractivity contribution in [1.82, 2.24) is 24.5 Å². The van der Waals surface area contributed by atoms with Gasteiger partial charge in [0.2, 0.25) is 11.6 Å². The number of carbonyl (C=O) groups excluding carboxylic acids is 1. The number of hydrogen-bond acceptors (Lipinski definition) is 6. The van der Waals surface area contributed by atoms with E-state index in [4.69, 9.17) is 0 Å². The van der Waals surface area contributed by atoms with Crippen molar-refractivity contribution >= 4 is 17.5 Å². The number of amides is 1. The number of halogens is 1. The molecule has 3 rings (SSSR count). The highest BCUT2D eigenvalue weighted by Gasteiger charge is 2.27. The summed E-state index contributed by atoms with van der Waals surface area (Å²) in [6.07, 6.45) is 2.39. The second-order valence-corrected chi connectivity index (χ2v) is 5.30. The Balaban J connectivity index is 1.76. The van der Waals surface area contributed by atoms with Gasteiger partial charge in [0.1, 0.15) is 18.3 Å². The Hall–Kier alpha value is -3.63. The molecular formula is C15H14FN7O3. The first-order chi connectivity index (χ1) is 12.5. The average Bonchev–Trinajstić information content (AvgIpc) is 3.21. The third-order valence-corrected chi connectivity index (χ3v) is 3.53. The number of nitrogens with zero attached hydrogens (tertiary/aromatic N) is 6. The van der Waals surface area contributed by atoms with Gasteiger partial charge < -0.3 is 0 Å². The average molecular weight is 359 g/mol. The zero-order valence-electron chi connectivity index (χ0n) is 13.7. The number of hydrogen-bond donors (Lipinski definition) is 1. The van der Waals surface area contributed by atoms with Gasteiger partial charge in [0.05, 0.1) is 11.5 Å². The van der Waals surface area contributed by atoms with Crippen molar-refractivity contribution in [3.05, 3.63) is 64.0 Å². The molecule has 0 aliphatic heterocycles. The fourth-order valence-corrected chi connectivity index (χ4v) is 2.39. The summed E-state index contributed by atoms with van der Waals surface area (Å²) in [6.45, 7) is 2.26. The van der Waals surface area contributed by atoms with E-state index in [0.29, 0.717) is 5.56 Å². The fourth-order valence-electron chi connectivity index (χ4n) is 2.39. The molecule has 1 N–H and O–H groups in total.